The molecule has 0 aromatic heterocycles. The number of carbonyl (C=O) groups excluding carboxylic acids is 2. The highest BCUT2D eigenvalue weighted by molar-refractivity contribution is 6.46. The van der Waals surface area contributed by atoms with Gasteiger partial charge in [0.15, 0.2) is 11.5 Å². The predicted octanol–water partition coefficient (Wildman–Crippen LogP) is 3.29. The summed E-state index contributed by atoms with van der Waals surface area (Å²) in [5.74, 6) is 0.345. The number of esters is 1. The summed E-state index contributed by atoms with van der Waals surface area (Å²) in [5, 5.41) is 13.2. The van der Waals surface area contributed by atoms with E-state index < -0.39 is 5.91 Å². The Morgan fingerprint density at radius 1 is 1.02 bits per heavy atom. The summed E-state index contributed by atoms with van der Waals surface area (Å²) < 4.78 is 16.2. The van der Waals surface area contributed by atoms with Gasteiger partial charge in [-0.25, -0.2) is 4.79 Å². The van der Waals surface area contributed by atoms with E-state index in [0.29, 0.717) is 35.8 Å². The predicted molar refractivity (Wildman–Crippen MR) is 168 cm³/mol. The number of anilines is 1. The van der Waals surface area contributed by atoms with Crippen LogP contribution in [-0.4, -0.2) is 88.0 Å². The Kier molecular flexibility index (Phi) is 11.7. The van der Waals surface area contributed by atoms with Crippen molar-refractivity contribution in [3.63, 3.8) is 0 Å². The number of quaternary nitrogens is 1. The zero-order chi connectivity index (χ0) is 30.6. The van der Waals surface area contributed by atoms with Crippen molar-refractivity contribution in [1.29, 1.82) is 5.41 Å². The lowest BCUT2D eigenvalue weighted by molar-refractivity contribution is -0.511. The fraction of sp³-hybridized carbons (Fsp3) is 0.364. The first kappa shape index (κ1) is 31.7. The smallest absolute Gasteiger partial charge is 0.338 e. The van der Waals surface area contributed by atoms with Crippen LogP contribution in [0.5, 0.6) is 11.5 Å². The fourth-order valence-electron chi connectivity index (χ4n) is 4.89. The zero-order valence-electron chi connectivity index (χ0n) is 25.2. The molecule has 2 aromatic rings. The number of carbonyl (C=O) groups is 2. The van der Waals surface area contributed by atoms with Gasteiger partial charge in [-0.05, 0) is 68.4 Å². The number of ether oxygens (including phenoxy) is 3. The number of allylic oxidation sites excluding steroid dienone is 4. The monoisotopic (exact) mass is 588 g/mol. The van der Waals surface area contributed by atoms with Crippen LogP contribution < -0.4 is 20.1 Å². The van der Waals surface area contributed by atoms with Crippen LogP contribution in [0.3, 0.4) is 0 Å². The number of benzene rings is 2. The van der Waals surface area contributed by atoms with E-state index in [0.717, 1.165) is 62.5 Å². The highest BCUT2D eigenvalue weighted by atomic mass is 16.5. The number of nitrogens with one attached hydrogen (secondary N) is 2. The molecule has 0 unspecified atom stereocenters. The lowest BCUT2D eigenvalue weighted by Gasteiger charge is -2.32. The van der Waals surface area contributed by atoms with Gasteiger partial charge in [-0.3, -0.25) is 15.5 Å². The first-order valence-electron chi connectivity index (χ1n) is 14.6. The lowest BCUT2D eigenvalue weighted by atomic mass is 10.1. The molecule has 10 nitrogen and oxygen atoms in total. The Hall–Kier alpha value is -4.25. The first-order chi connectivity index (χ1) is 20.9. The number of nitrogens with zero attached hydrogens (tertiary/aromatic N) is 2. The van der Waals surface area contributed by atoms with E-state index in [4.69, 9.17) is 19.6 Å². The van der Waals surface area contributed by atoms with E-state index in [1.165, 1.54) is 0 Å². The summed E-state index contributed by atoms with van der Waals surface area (Å²) in [6.45, 7) is 5.49. The molecule has 0 atom stereocenters. The number of nitrogens with two attached hydrogens (primary N) is 1. The molecule has 0 saturated carbocycles. The maximum absolute atomic E-state index is 12.8. The Morgan fingerprint density at radius 2 is 1.77 bits per heavy atom. The van der Waals surface area contributed by atoms with E-state index in [2.05, 4.69) is 28.2 Å². The highest BCUT2D eigenvalue weighted by Gasteiger charge is 2.17. The molecule has 2 heterocycles. The Labute approximate surface area is 253 Å². The van der Waals surface area contributed by atoms with Crippen LogP contribution in [0.25, 0.3) is 5.70 Å². The van der Waals surface area contributed by atoms with Gasteiger partial charge in [-0.15, -0.1) is 0 Å². The molecule has 2 aliphatic heterocycles. The van der Waals surface area contributed by atoms with Crippen LogP contribution in [0, 0.1) is 5.41 Å². The highest BCUT2D eigenvalue weighted by Crippen LogP contribution is 2.29. The minimum Gasteiger partial charge on any atom is -0.493 e. The maximum atomic E-state index is 12.8. The molecule has 0 spiro atoms. The largest absolute Gasteiger partial charge is 0.493 e. The summed E-state index contributed by atoms with van der Waals surface area (Å²) in [6, 6.07) is 12.2. The van der Waals surface area contributed by atoms with Crippen LogP contribution in [0.15, 0.2) is 72.5 Å². The van der Waals surface area contributed by atoms with Gasteiger partial charge in [0, 0.05) is 56.5 Å². The van der Waals surface area contributed by atoms with Crippen LogP contribution in [0.4, 0.5) is 5.69 Å². The molecule has 2 aromatic carbocycles. The van der Waals surface area contributed by atoms with Crippen molar-refractivity contribution < 1.29 is 29.1 Å². The minimum absolute atomic E-state index is 0.161. The Balaban J connectivity index is 1.29. The molecule has 4 N–H and O–H groups in total. The molecule has 1 saturated heterocycles. The first-order valence-corrected chi connectivity index (χ1v) is 14.6. The molecule has 0 aliphatic carbocycles. The number of hydrogen-bond donors (Lipinski definition) is 3. The molecule has 1 amide bonds. The normalized spacial score (nSPS) is 19.0. The summed E-state index contributed by atoms with van der Waals surface area (Å²) in [5.41, 5.74) is 3.47. The average molecular weight is 589 g/mol. The van der Waals surface area contributed by atoms with E-state index in [1.807, 2.05) is 35.7 Å². The number of piperazine rings is 1. The molecule has 0 radical (unpaired) electrons. The van der Waals surface area contributed by atoms with Crippen molar-refractivity contribution in [3.05, 3.63) is 83.6 Å². The summed E-state index contributed by atoms with van der Waals surface area (Å²) in [4.78, 5) is 30.0. The molecular formula is C33H42N5O5+. The number of methoxy groups -OCH3 is 2. The third-order valence-electron chi connectivity index (χ3n) is 7.47. The fourth-order valence-corrected chi connectivity index (χ4v) is 4.89. The molecule has 228 valence electrons. The second-order valence-corrected chi connectivity index (χ2v) is 10.6. The molecular weight excluding hydrogens is 546 g/mol. The van der Waals surface area contributed by atoms with Crippen molar-refractivity contribution in [2.45, 2.75) is 19.3 Å². The molecule has 1 fully saturated rings. The summed E-state index contributed by atoms with van der Waals surface area (Å²) in [7, 11) is 5.32. The van der Waals surface area contributed by atoms with Gasteiger partial charge in [0.1, 0.15) is 17.1 Å². The van der Waals surface area contributed by atoms with Crippen molar-refractivity contribution in [2.75, 3.05) is 65.9 Å². The standard InChI is InChI=1S/C33H41N5O5/c1-37-17-19-38(20-18-37)16-7-21-43-33(40)24-10-13-26(14-11-24)36-32(39)28(34)23-27-8-5-4-6-9-29(35-27)25-12-15-30(41-2)31(22-25)42-3/h4,6,9-15,22-23,34-35H,5,7-8,16-21H2,1-3H3,(H,36,39)/p+1/b6-4-,27-23-,29-9-,34-28?. The minimum atomic E-state index is -0.533. The van der Waals surface area contributed by atoms with Crippen LogP contribution >= 0.6 is 0 Å². The van der Waals surface area contributed by atoms with Gasteiger partial charge in [-0.1, -0.05) is 12.2 Å². The lowest BCUT2D eigenvalue weighted by Crippen LogP contribution is -2.79. The average Bonchev–Trinajstić information content (AvgIpc) is 3.01. The van der Waals surface area contributed by atoms with Gasteiger partial charge in [-0.2, -0.15) is 0 Å². The van der Waals surface area contributed by atoms with E-state index in [1.54, 1.807) is 44.6 Å². The van der Waals surface area contributed by atoms with E-state index >= 15 is 0 Å². The Morgan fingerprint density at radius 3 is 2.49 bits per heavy atom. The van der Waals surface area contributed by atoms with E-state index in [9.17, 15) is 9.59 Å². The molecule has 43 heavy (non-hydrogen) atoms. The van der Waals surface area contributed by atoms with Gasteiger partial charge >= 0.3 is 5.97 Å². The van der Waals surface area contributed by atoms with Gasteiger partial charge < -0.3 is 29.3 Å². The van der Waals surface area contributed by atoms with E-state index in [-0.39, 0.29) is 11.7 Å². The quantitative estimate of drug-likeness (QED) is 0.209. The molecule has 4 rings (SSSR count). The van der Waals surface area contributed by atoms with Crippen molar-refractivity contribution in [2.24, 2.45) is 0 Å². The second-order valence-electron chi connectivity index (χ2n) is 10.6. The zero-order valence-corrected chi connectivity index (χ0v) is 25.2. The topological polar surface area (TPSA) is 121 Å². The maximum Gasteiger partial charge on any atom is 0.338 e. The molecule has 10 heteroatoms. The Bertz CT molecular complexity index is 1370. The van der Waals surface area contributed by atoms with Crippen molar-refractivity contribution in [1.82, 2.24) is 9.80 Å². The molecule has 2 aliphatic rings. The SMILES string of the molecule is COc1ccc(/C2=C/C=C\CC/C(=C/C(=N)C(=O)Nc3ccc(C(=O)OCCCN4CCN(C)CC4)cc3)[NH2+]2)cc1OC. The van der Waals surface area contributed by atoms with Crippen LogP contribution in [-0.2, 0) is 9.53 Å². The number of amides is 1. The number of rotatable bonds is 11. The van der Waals surface area contributed by atoms with Gasteiger partial charge in [0.25, 0.3) is 5.91 Å². The van der Waals surface area contributed by atoms with Crippen molar-refractivity contribution in [3.8, 4) is 11.5 Å². The van der Waals surface area contributed by atoms with Crippen molar-refractivity contribution >= 4 is 29.0 Å². The number of hydrogen-bond acceptors (Lipinski definition) is 8. The van der Waals surface area contributed by atoms with Crippen LogP contribution in [0.1, 0.15) is 35.2 Å². The molecule has 0 bridgehead atoms. The van der Waals surface area contributed by atoms with Gasteiger partial charge in [0.05, 0.1) is 26.4 Å². The number of likely N-dealkylation sites (N-methyl/N-ethyl adjacent to an activating group) is 1. The summed E-state index contributed by atoms with van der Waals surface area (Å²) in [6.07, 6.45) is 9.93. The van der Waals surface area contributed by atoms with Crippen LogP contribution in [0.2, 0.25) is 0 Å². The third kappa shape index (κ3) is 9.37. The third-order valence-corrected chi connectivity index (χ3v) is 7.47. The van der Waals surface area contributed by atoms with Gasteiger partial charge in [0.2, 0.25) is 0 Å². The summed E-state index contributed by atoms with van der Waals surface area (Å²) >= 11 is 0. The second kappa shape index (κ2) is 15.8.